The highest BCUT2D eigenvalue weighted by atomic mass is 32.2. The number of likely N-dealkylation sites (tertiary alicyclic amines) is 1. The summed E-state index contributed by atoms with van der Waals surface area (Å²) in [5.41, 5.74) is 0.955. The van der Waals surface area contributed by atoms with Crippen LogP contribution in [-0.2, 0) is 14.6 Å². The smallest absolute Gasteiger partial charge is 0.221 e. The monoisotopic (exact) mass is 342 g/mol. The maximum Gasteiger partial charge on any atom is 0.221 e. The van der Waals surface area contributed by atoms with Gasteiger partial charge in [-0.3, -0.25) is 9.69 Å². The predicted octanol–water partition coefficient (Wildman–Crippen LogP) is 1.51. The average Bonchev–Trinajstić information content (AvgIpc) is 3.00. The number of amides is 1. The number of hydrogen-bond donors (Lipinski definition) is 1. The lowest BCUT2D eigenvalue weighted by atomic mass is 10.1. The van der Waals surface area contributed by atoms with Crippen LogP contribution < -0.4 is 5.32 Å². The van der Waals surface area contributed by atoms with Crippen LogP contribution in [0.3, 0.4) is 0 Å². The zero-order valence-corrected chi connectivity index (χ0v) is 14.1. The standard InChI is InChI=1S/C16H23FN2O3S/c1-23(21,22)11-8-16(20)18-12-15(19-9-2-3-10-19)13-4-6-14(17)7-5-13/h4-7,15H,2-3,8-12H2,1H3,(H,18,20). The molecule has 1 aromatic carbocycles. The number of carbonyl (C=O) groups is 1. The molecule has 0 aromatic heterocycles. The van der Waals surface area contributed by atoms with E-state index in [4.69, 9.17) is 0 Å². The number of sulfone groups is 1. The van der Waals surface area contributed by atoms with Gasteiger partial charge < -0.3 is 5.32 Å². The van der Waals surface area contributed by atoms with Crippen molar-refractivity contribution in [1.82, 2.24) is 10.2 Å². The Kier molecular flexibility index (Phi) is 6.12. The van der Waals surface area contributed by atoms with Crippen molar-refractivity contribution < 1.29 is 17.6 Å². The van der Waals surface area contributed by atoms with Gasteiger partial charge >= 0.3 is 0 Å². The van der Waals surface area contributed by atoms with Crippen molar-refractivity contribution in [1.29, 1.82) is 0 Å². The van der Waals surface area contributed by atoms with Gasteiger partial charge in [-0.15, -0.1) is 0 Å². The lowest BCUT2D eigenvalue weighted by Gasteiger charge is -2.28. The third kappa shape index (κ3) is 5.91. The number of nitrogens with zero attached hydrogens (tertiary/aromatic N) is 1. The molecule has 0 aliphatic carbocycles. The second-order valence-electron chi connectivity index (χ2n) is 5.99. The molecule has 7 heteroatoms. The zero-order chi connectivity index (χ0) is 16.9. The molecular weight excluding hydrogens is 319 g/mol. The lowest BCUT2D eigenvalue weighted by molar-refractivity contribution is -0.120. The molecule has 1 fully saturated rings. The van der Waals surface area contributed by atoms with Gasteiger partial charge in [0.25, 0.3) is 0 Å². The van der Waals surface area contributed by atoms with E-state index in [9.17, 15) is 17.6 Å². The molecule has 0 bridgehead atoms. The van der Waals surface area contributed by atoms with Gasteiger partial charge in [0.2, 0.25) is 5.91 Å². The van der Waals surface area contributed by atoms with E-state index in [0.29, 0.717) is 6.54 Å². The van der Waals surface area contributed by atoms with Gasteiger partial charge in [0.05, 0.1) is 11.8 Å². The zero-order valence-electron chi connectivity index (χ0n) is 13.3. The highest BCUT2D eigenvalue weighted by Crippen LogP contribution is 2.24. The first kappa shape index (κ1) is 17.9. The molecule has 1 unspecified atom stereocenters. The maximum absolute atomic E-state index is 13.1. The van der Waals surface area contributed by atoms with Crippen LogP contribution >= 0.6 is 0 Å². The Balaban J connectivity index is 1.98. The molecule has 1 aromatic rings. The summed E-state index contributed by atoms with van der Waals surface area (Å²) in [4.78, 5) is 14.1. The summed E-state index contributed by atoms with van der Waals surface area (Å²) in [6.45, 7) is 2.29. The molecule has 0 radical (unpaired) electrons. The summed E-state index contributed by atoms with van der Waals surface area (Å²) in [7, 11) is -3.14. The van der Waals surface area contributed by atoms with Crippen molar-refractivity contribution in [2.45, 2.75) is 25.3 Å². The third-order valence-electron chi connectivity index (χ3n) is 4.03. The molecule has 1 aliphatic heterocycles. The molecule has 23 heavy (non-hydrogen) atoms. The first-order valence-corrected chi connectivity index (χ1v) is 9.85. The SMILES string of the molecule is CS(=O)(=O)CCC(=O)NCC(c1ccc(F)cc1)N1CCCC1. The first-order chi connectivity index (χ1) is 10.8. The van der Waals surface area contributed by atoms with Crippen LogP contribution in [0.5, 0.6) is 0 Å². The summed E-state index contributed by atoms with van der Waals surface area (Å²) in [5, 5.41) is 2.81. The topological polar surface area (TPSA) is 66.5 Å². The van der Waals surface area contributed by atoms with Gasteiger partial charge in [-0.05, 0) is 43.6 Å². The number of rotatable bonds is 7. The highest BCUT2D eigenvalue weighted by Gasteiger charge is 2.24. The lowest BCUT2D eigenvalue weighted by Crippen LogP contribution is -2.37. The Hall–Kier alpha value is -1.47. The molecule has 1 atom stereocenters. The molecule has 1 amide bonds. The Morgan fingerprint density at radius 1 is 1.26 bits per heavy atom. The van der Waals surface area contributed by atoms with E-state index in [2.05, 4.69) is 10.2 Å². The second kappa shape index (κ2) is 7.88. The van der Waals surface area contributed by atoms with Gasteiger partial charge in [0.1, 0.15) is 15.7 Å². The average molecular weight is 342 g/mol. The van der Waals surface area contributed by atoms with Crippen LogP contribution in [0, 0.1) is 5.82 Å². The van der Waals surface area contributed by atoms with E-state index in [-0.39, 0.29) is 29.9 Å². The van der Waals surface area contributed by atoms with Crippen LogP contribution in [0.4, 0.5) is 4.39 Å². The van der Waals surface area contributed by atoms with E-state index in [1.54, 1.807) is 12.1 Å². The number of benzene rings is 1. The van der Waals surface area contributed by atoms with Crippen LogP contribution in [0.2, 0.25) is 0 Å². The Labute approximate surface area is 136 Å². The molecular formula is C16H23FN2O3S. The maximum atomic E-state index is 13.1. The summed E-state index contributed by atoms with van der Waals surface area (Å²) in [6.07, 6.45) is 3.31. The van der Waals surface area contributed by atoms with Crippen molar-refractivity contribution in [3.8, 4) is 0 Å². The Morgan fingerprint density at radius 2 is 1.87 bits per heavy atom. The number of halogens is 1. The molecule has 0 spiro atoms. The fourth-order valence-corrected chi connectivity index (χ4v) is 3.33. The summed E-state index contributed by atoms with van der Waals surface area (Å²) < 4.78 is 35.3. The quantitative estimate of drug-likeness (QED) is 0.816. The second-order valence-corrected chi connectivity index (χ2v) is 8.25. The largest absolute Gasteiger partial charge is 0.354 e. The molecule has 1 saturated heterocycles. The molecule has 128 valence electrons. The third-order valence-corrected chi connectivity index (χ3v) is 4.97. The minimum absolute atomic E-state index is 0.0136. The van der Waals surface area contributed by atoms with E-state index in [1.165, 1.54) is 12.1 Å². The van der Waals surface area contributed by atoms with E-state index >= 15 is 0 Å². The Morgan fingerprint density at radius 3 is 2.43 bits per heavy atom. The van der Waals surface area contributed by atoms with Gasteiger partial charge in [0.15, 0.2) is 0 Å². The summed E-state index contributed by atoms with van der Waals surface area (Å²) >= 11 is 0. The van der Waals surface area contributed by atoms with E-state index < -0.39 is 9.84 Å². The van der Waals surface area contributed by atoms with Crippen molar-refractivity contribution in [3.05, 3.63) is 35.6 Å². The summed E-state index contributed by atoms with van der Waals surface area (Å²) in [5.74, 6) is -0.711. The fraction of sp³-hybridized carbons (Fsp3) is 0.562. The molecule has 0 saturated carbocycles. The number of nitrogens with one attached hydrogen (secondary N) is 1. The van der Waals surface area contributed by atoms with Crippen LogP contribution in [0.15, 0.2) is 24.3 Å². The van der Waals surface area contributed by atoms with E-state index in [0.717, 1.165) is 37.8 Å². The molecule has 2 rings (SSSR count). The highest BCUT2D eigenvalue weighted by molar-refractivity contribution is 7.90. The molecule has 5 nitrogen and oxygen atoms in total. The number of hydrogen-bond acceptors (Lipinski definition) is 4. The van der Waals surface area contributed by atoms with Gasteiger partial charge in [-0.2, -0.15) is 0 Å². The number of carbonyl (C=O) groups excluding carboxylic acids is 1. The van der Waals surface area contributed by atoms with Crippen LogP contribution in [0.1, 0.15) is 30.9 Å². The minimum Gasteiger partial charge on any atom is -0.354 e. The predicted molar refractivity (Wildman–Crippen MR) is 87.3 cm³/mol. The molecule has 1 heterocycles. The van der Waals surface area contributed by atoms with E-state index in [1.807, 2.05) is 0 Å². The van der Waals surface area contributed by atoms with Crippen LogP contribution in [0.25, 0.3) is 0 Å². The van der Waals surface area contributed by atoms with Crippen molar-refractivity contribution in [3.63, 3.8) is 0 Å². The molecule has 1 N–H and O–H groups in total. The van der Waals surface area contributed by atoms with Crippen molar-refractivity contribution in [2.24, 2.45) is 0 Å². The fourth-order valence-electron chi connectivity index (χ4n) is 2.77. The normalized spacial score (nSPS) is 17.1. The minimum atomic E-state index is -3.14. The van der Waals surface area contributed by atoms with Crippen LogP contribution in [-0.4, -0.2) is 50.9 Å². The first-order valence-electron chi connectivity index (χ1n) is 7.79. The van der Waals surface area contributed by atoms with Gasteiger partial charge in [-0.25, -0.2) is 12.8 Å². The van der Waals surface area contributed by atoms with Crippen molar-refractivity contribution in [2.75, 3.05) is 31.6 Å². The Bertz CT molecular complexity index is 625. The molecule has 1 aliphatic rings. The van der Waals surface area contributed by atoms with Crippen molar-refractivity contribution >= 4 is 15.7 Å². The van der Waals surface area contributed by atoms with Gasteiger partial charge in [-0.1, -0.05) is 12.1 Å². The van der Waals surface area contributed by atoms with Gasteiger partial charge in [0, 0.05) is 19.2 Å². The summed E-state index contributed by atoms with van der Waals surface area (Å²) in [6, 6.07) is 6.30.